The predicted molar refractivity (Wildman–Crippen MR) is 67.6 cm³/mol. The zero-order chi connectivity index (χ0) is 12.3. The molecule has 0 amide bonds. The van der Waals surface area contributed by atoms with Crippen LogP contribution >= 0.6 is 0 Å². The highest BCUT2D eigenvalue weighted by Gasteiger charge is 2.09. The van der Waals surface area contributed by atoms with Crippen molar-refractivity contribution >= 4 is 0 Å². The van der Waals surface area contributed by atoms with Gasteiger partial charge in [-0.1, -0.05) is 42.0 Å². The quantitative estimate of drug-likeness (QED) is 0.869. The molecule has 0 saturated carbocycles. The molecule has 2 rings (SSSR count). The summed E-state index contributed by atoms with van der Waals surface area (Å²) < 4.78 is 1.94. The Balaban J connectivity index is 2.23. The van der Waals surface area contributed by atoms with E-state index in [1.165, 1.54) is 11.1 Å². The molecule has 0 aliphatic rings. The Hall–Kier alpha value is -1.68. The Morgan fingerprint density at radius 1 is 1.24 bits per heavy atom. The summed E-state index contributed by atoms with van der Waals surface area (Å²) in [5.74, 6) is 0. The van der Waals surface area contributed by atoms with Gasteiger partial charge in [0.1, 0.15) is 0 Å². The van der Waals surface area contributed by atoms with Crippen LogP contribution in [0.3, 0.4) is 0 Å². The first kappa shape index (κ1) is 11.8. The van der Waals surface area contributed by atoms with Gasteiger partial charge in [-0.15, -0.1) is 5.10 Å². The van der Waals surface area contributed by atoms with Crippen molar-refractivity contribution in [1.82, 2.24) is 15.0 Å². The van der Waals surface area contributed by atoms with Gasteiger partial charge in [0.15, 0.2) is 0 Å². The number of hydrogen-bond donors (Lipinski definition) is 1. The fourth-order valence-corrected chi connectivity index (χ4v) is 1.91. The van der Waals surface area contributed by atoms with Crippen LogP contribution in [0.5, 0.6) is 0 Å². The monoisotopic (exact) mass is 230 g/mol. The van der Waals surface area contributed by atoms with Crippen LogP contribution in [-0.2, 0) is 19.5 Å². The van der Waals surface area contributed by atoms with Crippen LogP contribution < -0.4 is 5.73 Å². The topological polar surface area (TPSA) is 56.7 Å². The fraction of sp³-hybridized carbons (Fsp3) is 0.385. The van der Waals surface area contributed by atoms with Gasteiger partial charge in [0.2, 0.25) is 0 Å². The minimum absolute atomic E-state index is 0.455. The molecule has 0 aliphatic carbocycles. The van der Waals surface area contributed by atoms with E-state index < -0.39 is 0 Å². The minimum Gasteiger partial charge on any atom is -0.325 e. The molecule has 2 aromatic rings. The lowest BCUT2D eigenvalue weighted by Crippen LogP contribution is -2.08. The Morgan fingerprint density at radius 3 is 2.53 bits per heavy atom. The van der Waals surface area contributed by atoms with Gasteiger partial charge in [-0.2, -0.15) is 0 Å². The average molecular weight is 230 g/mol. The van der Waals surface area contributed by atoms with Crippen molar-refractivity contribution < 1.29 is 0 Å². The van der Waals surface area contributed by atoms with Crippen LogP contribution in [0.1, 0.15) is 29.4 Å². The molecule has 17 heavy (non-hydrogen) atoms. The summed E-state index contributed by atoms with van der Waals surface area (Å²) in [5.41, 5.74) is 10.2. The fourth-order valence-electron chi connectivity index (χ4n) is 1.91. The summed E-state index contributed by atoms with van der Waals surface area (Å²) in [5, 5.41) is 8.27. The van der Waals surface area contributed by atoms with Crippen LogP contribution in [0, 0.1) is 6.92 Å². The van der Waals surface area contributed by atoms with E-state index in [1.54, 1.807) is 0 Å². The number of nitrogens with zero attached hydrogens (tertiary/aromatic N) is 3. The summed E-state index contributed by atoms with van der Waals surface area (Å²) in [4.78, 5) is 0. The second-order valence-electron chi connectivity index (χ2n) is 4.18. The first-order valence-electron chi connectivity index (χ1n) is 5.91. The molecule has 90 valence electrons. The third kappa shape index (κ3) is 2.53. The molecule has 0 spiro atoms. The Morgan fingerprint density at radius 2 is 1.94 bits per heavy atom. The summed E-state index contributed by atoms with van der Waals surface area (Å²) >= 11 is 0. The number of hydrogen-bond acceptors (Lipinski definition) is 3. The second-order valence-corrected chi connectivity index (χ2v) is 4.18. The molecular formula is C13H18N4. The van der Waals surface area contributed by atoms with Crippen molar-refractivity contribution in [2.45, 2.75) is 33.4 Å². The van der Waals surface area contributed by atoms with Crippen molar-refractivity contribution in [1.29, 1.82) is 0 Å². The smallest absolute Gasteiger partial charge is 0.0994 e. The Bertz CT molecular complexity index is 485. The summed E-state index contributed by atoms with van der Waals surface area (Å²) in [7, 11) is 0. The van der Waals surface area contributed by atoms with E-state index >= 15 is 0 Å². The van der Waals surface area contributed by atoms with Crippen LogP contribution in [-0.4, -0.2) is 15.0 Å². The van der Waals surface area contributed by atoms with E-state index in [1.807, 2.05) is 4.68 Å². The van der Waals surface area contributed by atoms with Crippen LogP contribution in [0.2, 0.25) is 0 Å². The molecule has 0 saturated heterocycles. The lowest BCUT2D eigenvalue weighted by atomic mass is 10.1. The number of nitrogens with two attached hydrogens (primary N) is 1. The summed E-state index contributed by atoms with van der Waals surface area (Å²) in [6, 6.07) is 8.47. The zero-order valence-corrected chi connectivity index (χ0v) is 10.3. The van der Waals surface area contributed by atoms with Gasteiger partial charge in [0.25, 0.3) is 0 Å². The normalized spacial score (nSPS) is 10.8. The van der Waals surface area contributed by atoms with Crippen molar-refractivity contribution in [2.75, 3.05) is 0 Å². The van der Waals surface area contributed by atoms with E-state index in [-0.39, 0.29) is 0 Å². The molecule has 2 N–H and O–H groups in total. The molecule has 1 heterocycles. The van der Waals surface area contributed by atoms with Crippen molar-refractivity contribution in [2.24, 2.45) is 5.73 Å². The number of rotatable bonds is 4. The number of aromatic nitrogens is 3. The van der Waals surface area contributed by atoms with Gasteiger partial charge in [0, 0.05) is 6.54 Å². The average Bonchev–Trinajstić information content (AvgIpc) is 2.74. The lowest BCUT2D eigenvalue weighted by Gasteiger charge is -2.06. The van der Waals surface area contributed by atoms with E-state index in [4.69, 9.17) is 5.73 Å². The van der Waals surface area contributed by atoms with Gasteiger partial charge in [-0.25, -0.2) is 4.68 Å². The van der Waals surface area contributed by atoms with Gasteiger partial charge in [-0.3, -0.25) is 0 Å². The van der Waals surface area contributed by atoms with Crippen molar-refractivity contribution in [3.63, 3.8) is 0 Å². The van der Waals surface area contributed by atoms with Gasteiger partial charge < -0.3 is 5.73 Å². The van der Waals surface area contributed by atoms with E-state index in [0.29, 0.717) is 6.54 Å². The van der Waals surface area contributed by atoms with Crippen LogP contribution in [0.15, 0.2) is 24.3 Å². The van der Waals surface area contributed by atoms with Gasteiger partial charge in [-0.05, 0) is 18.9 Å². The molecule has 4 nitrogen and oxygen atoms in total. The highest BCUT2D eigenvalue weighted by molar-refractivity contribution is 5.22. The predicted octanol–water partition coefficient (Wildman–Crippen LogP) is 1.66. The number of benzene rings is 1. The maximum absolute atomic E-state index is 5.64. The first-order valence-corrected chi connectivity index (χ1v) is 5.91. The standard InChI is InChI=1S/C13H18N4/c1-3-13-12(8-14)15-16-17(13)9-11-6-4-10(2)5-7-11/h4-7H,3,8-9,14H2,1-2H3. The molecule has 0 fully saturated rings. The van der Waals surface area contributed by atoms with Crippen molar-refractivity contribution in [3.8, 4) is 0 Å². The molecule has 0 radical (unpaired) electrons. The van der Waals surface area contributed by atoms with Crippen LogP contribution in [0.4, 0.5) is 0 Å². The van der Waals surface area contributed by atoms with E-state index in [0.717, 1.165) is 24.4 Å². The highest BCUT2D eigenvalue weighted by atomic mass is 15.4. The summed E-state index contributed by atoms with van der Waals surface area (Å²) in [6.45, 7) is 5.40. The van der Waals surface area contributed by atoms with Gasteiger partial charge >= 0.3 is 0 Å². The second kappa shape index (κ2) is 5.10. The molecule has 0 aliphatic heterocycles. The molecule has 0 unspecified atom stereocenters. The zero-order valence-electron chi connectivity index (χ0n) is 10.3. The van der Waals surface area contributed by atoms with Crippen LogP contribution in [0.25, 0.3) is 0 Å². The molecule has 0 bridgehead atoms. The van der Waals surface area contributed by atoms with E-state index in [9.17, 15) is 0 Å². The first-order chi connectivity index (χ1) is 8.24. The number of aryl methyl sites for hydroxylation is 1. The van der Waals surface area contributed by atoms with E-state index in [2.05, 4.69) is 48.4 Å². The molecule has 1 aromatic carbocycles. The molecule has 0 atom stereocenters. The highest BCUT2D eigenvalue weighted by Crippen LogP contribution is 2.10. The largest absolute Gasteiger partial charge is 0.325 e. The minimum atomic E-state index is 0.455. The maximum atomic E-state index is 5.64. The third-order valence-electron chi connectivity index (χ3n) is 2.90. The Kier molecular flexibility index (Phi) is 3.54. The molecule has 1 aromatic heterocycles. The maximum Gasteiger partial charge on any atom is 0.0994 e. The lowest BCUT2D eigenvalue weighted by molar-refractivity contribution is 0.622. The third-order valence-corrected chi connectivity index (χ3v) is 2.90. The SMILES string of the molecule is CCc1c(CN)nnn1Cc1ccc(C)cc1. The Labute approximate surface area is 101 Å². The summed E-state index contributed by atoms with van der Waals surface area (Å²) in [6.07, 6.45) is 0.908. The van der Waals surface area contributed by atoms with Crippen molar-refractivity contribution in [3.05, 3.63) is 46.8 Å². The molecule has 4 heteroatoms. The van der Waals surface area contributed by atoms with Gasteiger partial charge in [0.05, 0.1) is 17.9 Å². The molecular weight excluding hydrogens is 212 g/mol.